The molecule has 0 aliphatic heterocycles. The SMILES string of the molecule is C=C(C)C(=O)N[C@@H](CS(C)(=O)=O)C(=O)NC1CCCC(C)(C(C)C)C1. The second-order valence-corrected chi connectivity index (χ2v) is 10.2. The summed E-state index contributed by atoms with van der Waals surface area (Å²) in [7, 11) is -3.42. The Hall–Kier alpha value is -1.37. The smallest absolute Gasteiger partial charge is 0.246 e. The Bertz CT molecular complexity index is 627. The Balaban J connectivity index is 2.83. The summed E-state index contributed by atoms with van der Waals surface area (Å²) in [6, 6.07) is -1.11. The average molecular weight is 373 g/mol. The van der Waals surface area contributed by atoms with E-state index in [2.05, 4.69) is 38.0 Å². The lowest BCUT2D eigenvalue weighted by atomic mass is 9.67. The van der Waals surface area contributed by atoms with E-state index in [9.17, 15) is 18.0 Å². The molecule has 3 atom stereocenters. The van der Waals surface area contributed by atoms with Crippen LogP contribution in [-0.2, 0) is 19.4 Å². The van der Waals surface area contributed by atoms with Crippen LogP contribution in [0.25, 0.3) is 0 Å². The first-order chi connectivity index (χ1) is 11.3. The molecule has 144 valence electrons. The Morgan fingerprint density at radius 3 is 2.40 bits per heavy atom. The molecule has 0 aromatic rings. The van der Waals surface area contributed by atoms with Gasteiger partial charge < -0.3 is 10.6 Å². The van der Waals surface area contributed by atoms with Crippen LogP contribution >= 0.6 is 0 Å². The van der Waals surface area contributed by atoms with E-state index in [1.54, 1.807) is 0 Å². The summed E-state index contributed by atoms with van der Waals surface area (Å²) in [5.41, 5.74) is 0.389. The van der Waals surface area contributed by atoms with E-state index in [-0.39, 0.29) is 17.0 Å². The maximum atomic E-state index is 12.6. The number of carbonyl (C=O) groups excluding carboxylic acids is 2. The molecule has 7 heteroatoms. The Morgan fingerprint density at radius 1 is 1.32 bits per heavy atom. The number of hydrogen-bond donors (Lipinski definition) is 2. The predicted molar refractivity (Wildman–Crippen MR) is 99.8 cm³/mol. The first-order valence-electron chi connectivity index (χ1n) is 8.78. The van der Waals surface area contributed by atoms with Gasteiger partial charge in [0.1, 0.15) is 15.9 Å². The summed E-state index contributed by atoms with van der Waals surface area (Å²) < 4.78 is 23.3. The largest absolute Gasteiger partial charge is 0.352 e. The van der Waals surface area contributed by atoms with Crippen molar-refractivity contribution in [3.8, 4) is 0 Å². The monoisotopic (exact) mass is 372 g/mol. The van der Waals surface area contributed by atoms with E-state index in [0.717, 1.165) is 31.9 Å². The van der Waals surface area contributed by atoms with E-state index >= 15 is 0 Å². The molecule has 2 N–H and O–H groups in total. The lowest BCUT2D eigenvalue weighted by molar-refractivity contribution is -0.127. The average Bonchev–Trinajstić information content (AvgIpc) is 2.44. The molecule has 0 aromatic carbocycles. The van der Waals surface area contributed by atoms with Crippen LogP contribution in [0.2, 0.25) is 0 Å². The van der Waals surface area contributed by atoms with Gasteiger partial charge in [0.15, 0.2) is 0 Å². The van der Waals surface area contributed by atoms with Crippen molar-refractivity contribution in [3.63, 3.8) is 0 Å². The zero-order valence-electron chi connectivity index (χ0n) is 16.0. The first kappa shape index (κ1) is 21.7. The van der Waals surface area contributed by atoms with Crippen LogP contribution in [0.4, 0.5) is 0 Å². The highest BCUT2D eigenvalue weighted by Gasteiger charge is 2.36. The molecule has 1 fully saturated rings. The van der Waals surface area contributed by atoms with Crippen LogP contribution in [0.15, 0.2) is 12.2 Å². The van der Waals surface area contributed by atoms with Gasteiger partial charge in [-0.3, -0.25) is 9.59 Å². The minimum Gasteiger partial charge on any atom is -0.352 e. The predicted octanol–water partition coefficient (Wildman–Crippen LogP) is 1.81. The standard InChI is InChI=1S/C18H32N2O4S/c1-12(2)16(21)20-15(11-25(6,23)24)17(22)19-14-8-7-9-18(5,10-14)13(3)4/h13-15H,1,7-11H2,2-6H3,(H,19,22)(H,20,21)/t14?,15-,18?/m0/s1. The minimum absolute atomic E-state index is 0.00237. The molecule has 25 heavy (non-hydrogen) atoms. The van der Waals surface area contributed by atoms with Crippen molar-refractivity contribution >= 4 is 21.7 Å². The molecule has 2 amide bonds. The molecule has 0 aromatic heterocycles. The third-order valence-electron chi connectivity index (χ3n) is 5.23. The highest BCUT2D eigenvalue weighted by Crippen LogP contribution is 2.41. The van der Waals surface area contributed by atoms with Gasteiger partial charge in [-0.15, -0.1) is 0 Å². The van der Waals surface area contributed by atoms with Crippen LogP contribution in [0.5, 0.6) is 0 Å². The van der Waals surface area contributed by atoms with E-state index in [1.165, 1.54) is 6.92 Å². The van der Waals surface area contributed by atoms with Crippen LogP contribution in [0.1, 0.15) is 53.4 Å². The van der Waals surface area contributed by atoms with Crippen LogP contribution in [0.3, 0.4) is 0 Å². The Labute approximate surface area is 151 Å². The topological polar surface area (TPSA) is 92.3 Å². The summed E-state index contributed by atoms with van der Waals surface area (Å²) >= 11 is 0. The second-order valence-electron chi connectivity index (χ2n) is 8.01. The summed E-state index contributed by atoms with van der Waals surface area (Å²) in [5, 5.41) is 5.42. The number of nitrogens with one attached hydrogen (secondary N) is 2. The number of sulfone groups is 1. The van der Waals surface area contributed by atoms with Gasteiger partial charge in [-0.05, 0) is 37.5 Å². The highest BCUT2D eigenvalue weighted by molar-refractivity contribution is 7.90. The molecule has 1 aliphatic rings. The molecule has 6 nitrogen and oxygen atoms in total. The molecule has 0 spiro atoms. The first-order valence-corrected chi connectivity index (χ1v) is 10.8. The molecule has 1 aliphatic carbocycles. The van der Waals surface area contributed by atoms with E-state index in [0.29, 0.717) is 5.92 Å². The molecule has 1 rings (SSSR count). The van der Waals surface area contributed by atoms with Crippen molar-refractivity contribution in [2.24, 2.45) is 11.3 Å². The highest BCUT2D eigenvalue weighted by atomic mass is 32.2. The molecular formula is C18H32N2O4S. The molecule has 1 saturated carbocycles. The van der Waals surface area contributed by atoms with Crippen molar-refractivity contribution in [3.05, 3.63) is 12.2 Å². The van der Waals surface area contributed by atoms with Gasteiger partial charge >= 0.3 is 0 Å². The van der Waals surface area contributed by atoms with E-state index in [1.807, 2.05) is 0 Å². The molecule has 0 saturated heterocycles. The van der Waals surface area contributed by atoms with Gasteiger partial charge in [0.25, 0.3) is 0 Å². The number of carbonyl (C=O) groups is 2. The fraction of sp³-hybridized carbons (Fsp3) is 0.778. The molecule has 0 bridgehead atoms. The van der Waals surface area contributed by atoms with Gasteiger partial charge in [0.2, 0.25) is 11.8 Å². The number of rotatable bonds is 7. The number of hydrogen-bond acceptors (Lipinski definition) is 4. The van der Waals surface area contributed by atoms with Crippen LogP contribution in [0, 0.1) is 11.3 Å². The zero-order chi connectivity index (χ0) is 19.4. The third-order valence-corrected chi connectivity index (χ3v) is 6.17. The molecule has 0 heterocycles. The van der Waals surface area contributed by atoms with Gasteiger partial charge in [-0.25, -0.2) is 8.42 Å². The third kappa shape index (κ3) is 6.80. The quantitative estimate of drug-likeness (QED) is 0.667. The maximum absolute atomic E-state index is 12.6. The maximum Gasteiger partial charge on any atom is 0.246 e. The summed E-state index contributed by atoms with van der Waals surface area (Å²) in [4.78, 5) is 24.5. The van der Waals surface area contributed by atoms with E-state index < -0.39 is 33.4 Å². The fourth-order valence-corrected chi connectivity index (χ4v) is 4.08. The fourth-order valence-electron chi connectivity index (χ4n) is 3.24. The summed E-state index contributed by atoms with van der Waals surface area (Å²) in [5.74, 6) is -0.883. The van der Waals surface area contributed by atoms with Crippen molar-refractivity contribution in [1.82, 2.24) is 10.6 Å². The normalized spacial score (nSPS) is 25.3. The van der Waals surface area contributed by atoms with Gasteiger partial charge in [0, 0.05) is 17.9 Å². The van der Waals surface area contributed by atoms with Crippen molar-refractivity contribution in [2.75, 3.05) is 12.0 Å². The zero-order valence-corrected chi connectivity index (χ0v) is 16.8. The van der Waals surface area contributed by atoms with Crippen molar-refractivity contribution in [1.29, 1.82) is 0 Å². The number of amides is 2. The summed E-state index contributed by atoms with van der Waals surface area (Å²) in [6.07, 6.45) is 4.92. The lowest BCUT2D eigenvalue weighted by Gasteiger charge is -2.42. The minimum atomic E-state index is -3.42. The van der Waals surface area contributed by atoms with Gasteiger partial charge in [-0.1, -0.05) is 33.8 Å². The van der Waals surface area contributed by atoms with Gasteiger partial charge in [0.05, 0.1) is 5.75 Å². The Kier molecular flexibility index (Phi) is 7.23. The van der Waals surface area contributed by atoms with Crippen LogP contribution < -0.4 is 10.6 Å². The molecular weight excluding hydrogens is 340 g/mol. The van der Waals surface area contributed by atoms with Gasteiger partial charge in [-0.2, -0.15) is 0 Å². The lowest BCUT2D eigenvalue weighted by Crippen LogP contribution is -2.54. The van der Waals surface area contributed by atoms with E-state index in [4.69, 9.17) is 0 Å². The Morgan fingerprint density at radius 2 is 1.92 bits per heavy atom. The molecule has 2 unspecified atom stereocenters. The van der Waals surface area contributed by atoms with Crippen LogP contribution in [-0.4, -0.2) is 44.3 Å². The van der Waals surface area contributed by atoms with Crippen molar-refractivity contribution in [2.45, 2.75) is 65.5 Å². The summed E-state index contributed by atoms with van der Waals surface area (Å²) in [6.45, 7) is 11.6. The second kappa shape index (κ2) is 8.34. The molecule has 0 radical (unpaired) electrons. The van der Waals surface area contributed by atoms with Crippen molar-refractivity contribution < 1.29 is 18.0 Å².